The Bertz CT molecular complexity index is 669. The highest BCUT2D eigenvalue weighted by atomic mass is 16.2. The molecule has 1 fully saturated rings. The summed E-state index contributed by atoms with van der Waals surface area (Å²) in [7, 11) is 0. The summed E-state index contributed by atoms with van der Waals surface area (Å²) in [4.78, 5) is 25.1. The highest BCUT2D eigenvalue weighted by Gasteiger charge is 2.30. The maximum Gasteiger partial charge on any atom is 0.245 e. The van der Waals surface area contributed by atoms with E-state index in [0.29, 0.717) is 5.56 Å². The number of ketones is 1. The summed E-state index contributed by atoms with van der Waals surface area (Å²) >= 11 is 0. The molecule has 0 aromatic heterocycles. The number of nitriles is 1. The van der Waals surface area contributed by atoms with Gasteiger partial charge in [0.1, 0.15) is 0 Å². The number of hydrogen-bond acceptors (Lipinski definition) is 3. The molecule has 126 valence electrons. The van der Waals surface area contributed by atoms with E-state index in [1.165, 1.54) is 24.0 Å². The second kappa shape index (κ2) is 7.61. The van der Waals surface area contributed by atoms with E-state index in [9.17, 15) is 14.9 Å². The third-order valence-electron chi connectivity index (χ3n) is 5.24. The third kappa shape index (κ3) is 3.67. The molecule has 1 atom stereocenters. The van der Waals surface area contributed by atoms with Gasteiger partial charge in [-0.1, -0.05) is 31.4 Å². The molecule has 0 bridgehead atoms. The zero-order valence-electron chi connectivity index (χ0n) is 14.0. The van der Waals surface area contributed by atoms with Crippen LogP contribution in [0, 0.1) is 17.2 Å². The Morgan fingerprint density at radius 1 is 1.04 bits per heavy atom. The molecule has 4 heteroatoms. The van der Waals surface area contributed by atoms with Crippen LogP contribution in [0.2, 0.25) is 0 Å². The maximum absolute atomic E-state index is 12.7. The number of amides is 1. The lowest BCUT2D eigenvalue weighted by Gasteiger charge is -2.23. The fourth-order valence-corrected chi connectivity index (χ4v) is 3.82. The zero-order chi connectivity index (χ0) is 16.9. The van der Waals surface area contributed by atoms with Crippen molar-refractivity contribution in [3.05, 3.63) is 34.9 Å². The van der Waals surface area contributed by atoms with Gasteiger partial charge < -0.3 is 5.32 Å². The van der Waals surface area contributed by atoms with Gasteiger partial charge in [-0.15, -0.1) is 0 Å². The molecule has 0 radical (unpaired) electrons. The normalized spacial score (nSPS) is 19.0. The summed E-state index contributed by atoms with van der Waals surface area (Å²) in [6.07, 6.45) is 9.62. The number of benzene rings is 1. The Hall–Kier alpha value is -2.15. The molecule has 0 aliphatic heterocycles. The predicted octanol–water partition coefficient (Wildman–Crippen LogP) is 3.34. The molecule has 0 saturated heterocycles. The van der Waals surface area contributed by atoms with E-state index < -0.39 is 11.8 Å². The average molecular weight is 324 g/mol. The van der Waals surface area contributed by atoms with Crippen molar-refractivity contribution in [1.82, 2.24) is 5.32 Å². The fourth-order valence-electron chi connectivity index (χ4n) is 3.82. The molecule has 0 spiro atoms. The Balaban J connectivity index is 1.71. The quantitative estimate of drug-likeness (QED) is 0.682. The van der Waals surface area contributed by atoms with Crippen molar-refractivity contribution in [2.24, 2.45) is 5.92 Å². The first-order valence-electron chi connectivity index (χ1n) is 9.05. The van der Waals surface area contributed by atoms with Crippen molar-refractivity contribution >= 4 is 11.7 Å². The second-order valence-corrected chi connectivity index (χ2v) is 6.96. The first kappa shape index (κ1) is 16.7. The fraction of sp³-hybridized carbons (Fsp3) is 0.550. The summed E-state index contributed by atoms with van der Waals surface area (Å²) in [5, 5.41) is 12.3. The monoisotopic (exact) mass is 324 g/mol. The van der Waals surface area contributed by atoms with Gasteiger partial charge in [-0.3, -0.25) is 9.59 Å². The summed E-state index contributed by atoms with van der Waals surface area (Å²) in [6.45, 7) is 0. The van der Waals surface area contributed by atoms with Crippen molar-refractivity contribution in [2.75, 3.05) is 0 Å². The van der Waals surface area contributed by atoms with E-state index in [0.717, 1.165) is 44.9 Å². The van der Waals surface area contributed by atoms with E-state index in [4.69, 9.17) is 0 Å². The summed E-state index contributed by atoms with van der Waals surface area (Å²) in [5.41, 5.74) is 2.97. The van der Waals surface area contributed by atoms with Gasteiger partial charge in [0.15, 0.2) is 11.7 Å². The number of aryl methyl sites for hydroxylation is 2. The molecule has 0 heterocycles. The molecule has 1 unspecified atom stereocenters. The third-order valence-corrected chi connectivity index (χ3v) is 5.24. The van der Waals surface area contributed by atoms with Crippen LogP contribution in [0.1, 0.15) is 66.4 Å². The number of carbonyl (C=O) groups excluding carboxylic acids is 2. The minimum atomic E-state index is -1.24. The number of nitrogens with one attached hydrogen (secondary N) is 1. The number of carbonyl (C=O) groups is 2. The van der Waals surface area contributed by atoms with Gasteiger partial charge in [-0.2, -0.15) is 5.26 Å². The smallest absolute Gasteiger partial charge is 0.245 e. The molecule has 1 aromatic rings. The van der Waals surface area contributed by atoms with Gasteiger partial charge in [0.2, 0.25) is 5.91 Å². The zero-order valence-corrected chi connectivity index (χ0v) is 14.0. The number of hydrogen-bond donors (Lipinski definition) is 1. The Morgan fingerprint density at radius 3 is 2.46 bits per heavy atom. The lowest BCUT2D eigenvalue weighted by molar-refractivity contribution is -0.123. The number of rotatable bonds is 4. The summed E-state index contributed by atoms with van der Waals surface area (Å²) in [6, 6.07) is 7.65. The number of fused-ring (bicyclic) bond motifs is 1. The van der Waals surface area contributed by atoms with Crippen LogP contribution >= 0.6 is 0 Å². The molecule has 24 heavy (non-hydrogen) atoms. The highest BCUT2D eigenvalue weighted by Crippen LogP contribution is 2.24. The lowest BCUT2D eigenvalue weighted by Crippen LogP contribution is -2.42. The molecular weight excluding hydrogens is 300 g/mol. The van der Waals surface area contributed by atoms with Gasteiger partial charge in [-0.05, 0) is 55.7 Å². The summed E-state index contributed by atoms with van der Waals surface area (Å²) < 4.78 is 0. The Morgan fingerprint density at radius 2 is 1.75 bits per heavy atom. The van der Waals surface area contributed by atoms with Gasteiger partial charge >= 0.3 is 0 Å². The summed E-state index contributed by atoms with van der Waals surface area (Å²) in [5.74, 6) is -2.06. The van der Waals surface area contributed by atoms with Crippen molar-refractivity contribution in [1.29, 1.82) is 5.26 Å². The Labute approximate surface area is 143 Å². The molecule has 2 aliphatic rings. The molecule has 1 aromatic carbocycles. The van der Waals surface area contributed by atoms with Gasteiger partial charge in [0.25, 0.3) is 0 Å². The minimum Gasteiger partial charge on any atom is -0.352 e. The highest BCUT2D eigenvalue weighted by molar-refractivity contribution is 6.12. The minimum absolute atomic E-state index is 0.110. The molecule has 3 rings (SSSR count). The molecule has 2 aliphatic carbocycles. The molecule has 1 amide bonds. The van der Waals surface area contributed by atoms with E-state index in [-0.39, 0.29) is 11.8 Å². The molecule has 4 nitrogen and oxygen atoms in total. The van der Waals surface area contributed by atoms with Crippen LogP contribution < -0.4 is 5.32 Å². The number of nitrogens with zero attached hydrogens (tertiary/aromatic N) is 1. The largest absolute Gasteiger partial charge is 0.352 e. The van der Waals surface area contributed by atoms with Gasteiger partial charge in [0.05, 0.1) is 6.07 Å². The Kier molecular flexibility index (Phi) is 5.30. The van der Waals surface area contributed by atoms with Crippen molar-refractivity contribution in [3.8, 4) is 6.07 Å². The first-order chi connectivity index (χ1) is 11.7. The topological polar surface area (TPSA) is 70.0 Å². The molecule has 1 N–H and O–H groups in total. The first-order valence-corrected chi connectivity index (χ1v) is 9.05. The van der Waals surface area contributed by atoms with Crippen LogP contribution in [0.5, 0.6) is 0 Å². The van der Waals surface area contributed by atoms with E-state index in [2.05, 4.69) is 5.32 Å². The maximum atomic E-state index is 12.7. The van der Waals surface area contributed by atoms with Crippen molar-refractivity contribution in [3.63, 3.8) is 0 Å². The average Bonchev–Trinajstić information content (AvgIpc) is 2.62. The van der Waals surface area contributed by atoms with Crippen LogP contribution in [0.25, 0.3) is 0 Å². The van der Waals surface area contributed by atoms with Gasteiger partial charge in [0, 0.05) is 11.6 Å². The number of Topliss-reactive ketones (excluding diaryl/α,β-unsaturated/α-hetero) is 1. The van der Waals surface area contributed by atoms with Crippen molar-refractivity contribution < 1.29 is 9.59 Å². The van der Waals surface area contributed by atoms with Crippen LogP contribution in [-0.2, 0) is 17.6 Å². The van der Waals surface area contributed by atoms with Crippen molar-refractivity contribution in [2.45, 2.75) is 63.8 Å². The molecular formula is C20H24N2O2. The van der Waals surface area contributed by atoms with Gasteiger partial charge in [-0.25, -0.2) is 0 Å². The van der Waals surface area contributed by atoms with E-state index >= 15 is 0 Å². The van der Waals surface area contributed by atoms with E-state index in [1.54, 1.807) is 6.07 Å². The SMILES string of the molecule is N#CC(C(=O)NC1CCCCC1)C(=O)c1ccc2c(c1)CCCC2. The standard InChI is InChI=1S/C20H24N2O2/c21-13-18(20(24)22-17-8-2-1-3-9-17)19(23)16-11-10-14-6-4-5-7-15(14)12-16/h10-12,17-18H,1-9H2,(H,22,24). The lowest BCUT2D eigenvalue weighted by atomic mass is 9.88. The van der Waals surface area contributed by atoms with Crippen LogP contribution in [0.3, 0.4) is 0 Å². The van der Waals surface area contributed by atoms with E-state index in [1.807, 2.05) is 18.2 Å². The predicted molar refractivity (Wildman–Crippen MR) is 91.5 cm³/mol. The molecule has 1 saturated carbocycles. The van der Waals surface area contributed by atoms with Crippen LogP contribution in [0.15, 0.2) is 18.2 Å². The van der Waals surface area contributed by atoms with Crippen LogP contribution in [0.4, 0.5) is 0 Å². The van der Waals surface area contributed by atoms with Crippen LogP contribution in [-0.4, -0.2) is 17.7 Å². The second-order valence-electron chi connectivity index (χ2n) is 6.96.